The Bertz CT molecular complexity index is 953. The number of hydrogen-bond acceptors (Lipinski definition) is 5. The van der Waals surface area contributed by atoms with E-state index in [1.54, 1.807) is 30.3 Å². The molecule has 2 aromatic carbocycles. The molecule has 0 saturated carbocycles. The van der Waals surface area contributed by atoms with Gasteiger partial charge in [0.25, 0.3) is 5.91 Å². The van der Waals surface area contributed by atoms with Gasteiger partial charge >= 0.3 is 5.97 Å². The molecular weight excluding hydrogens is 353 g/mol. The number of carbonyl (C=O) groups is 2. The van der Waals surface area contributed by atoms with Crippen LogP contribution in [0, 0.1) is 5.82 Å². The first-order valence-electron chi connectivity index (χ1n) is 8.02. The molecule has 0 spiro atoms. The highest BCUT2D eigenvalue weighted by Gasteiger charge is 2.16. The van der Waals surface area contributed by atoms with Crippen LogP contribution >= 0.6 is 0 Å². The van der Waals surface area contributed by atoms with Crippen molar-refractivity contribution in [1.82, 2.24) is 0 Å². The number of ether oxygens (including phenoxy) is 2. The molecule has 0 bridgehead atoms. The number of carbonyl (C=O) groups excluding carboxylic acids is 2. The van der Waals surface area contributed by atoms with E-state index in [9.17, 15) is 14.0 Å². The largest absolute Gasteiger partial charge is 0.494 e. The standard InChI is InChI=1S/C20H16FNO5/c1-25-17-9-8-13(11-15(17)21)12-27-20(24)14-5-2-3-6-16(14)22-19(23)18-7-4-10-26-18/h2-11H,12H2,1H3,(H,22,23). The van der Waals surface area contributed by atoms with E-state index in [4.69, 9.17) is 13.9 Å². The lowest BCUT2D eigenvalue weighted by Gasteiger charge is -2.11. The Kier molecular flexibility index (Phi) is 5.51. The van der Waals surface area contributed by atoms with Crippen LogP contribution < -0.4 is 10.1 Å². The molecule has 1 N–H and O–H groups in total. The van der Waals surface area contributed by atoms with Crippen molar-refractivity contribution >= 4 is 17.6 Å². The van der Waals surface area contributed by atoms with Crippen LogP contribution in [0.3, 0.4) is 0 Å². The summed E-state index contributed by atoms with van der Waals surface area (Å²) in [6, 6.07) is 13.8. The topological polar surface area (TPSA) is 77.8 Å². The maximum absolute atomic E-state index is 13.7. The molecule has 0 radical (unpaired) electrons. The second kappa shape index (κ2) is 8.18. The molecule has 1 amide bonds. The van der Waals surface area contributed by atoms with Crippen LogP contribution in [0.5, 0.6) is 5.75 Å². The third kappa shape index (κ3) is 4.33. The van der Waals surface area contributed by atoms with Gasteiger partial charge in [0.1, 0.15) is 6.61 Å². The summed E-state index contributed by atoms with van der Waals surface area (Å²) in [7, 11) is 1.37. The monoisotopic (exact) mass is 369 g/mol. The van der Waals surface area contributed by atoms with E-state index in [-0.39, 0.29) is 29.4 Å². The number of amides is 1. The van der Waals surface area contributed by atoms with Crippen molar-refractivity contribution in [1.29, 1.82) is 0 Å². The molecule has 3 rings (SSSR count). The van der Waals surface area contributed by atoms with Crippen LogP contribution in [0.2, 0.25) is 0 Å². The van der Waals surface area contributed by atoms with Gasteiger partial charge in [-0.2, -0.15) is 0 Å². The number of benzene rings is 2. The fourth-order valence-corrected chi connectivity index (χ4v) is 2.39. The highest BCUT2D eigenvalue weighted by atomic mass is 19.1. The number of rotatable bonds is 6. The smallest absolute Gasteiger partial charge is 0.340 e. The van der Waals surface area contributed by atoms with E-state index in [1.807, 2.05) is 0 Å². The van der Waals surface area contributed by atoms with Crippen molar-refractivity contribution in [3.63, 3.8) is 0 Å². The second-order valence-electron chi connectivity index (χ2n) is 5.52. The summed E-state index contributed by atoms with van der Waals surface area (Å²) >= 11 is 0. The molecule has 27 heavy (non-hydrogen) atoms. The van der Waals surface area contributed by atoms with E-state index < -0.39 is 17.7 Å². The average Bonchev–Trinajstić information content (AvgIpc) is 3.21. The van der Waals surface area contributed by atoms with Crippen molar-refractivity contribution in [3.05, 3.63) is 83.6 Å². The molecule has 6 nitrogen and oxygen atoms in total. The molecule has 7 heteroatoms. The van der Waals surface area contributed by atoms with Crippen molar-refractivity contribution in [2.24, 2.45) is 0 Å². The highest BCUT2D eigenvalue weighted by molar-refractivity contribution is 6.06. The summed E-state index contributed by atoms with van der Waals surface area (Å²) in [5.41, 5.74) is 0.926. The lowest BCUT2D eigenvalue weighted by Crippen LogP contribution is -2.15. The van der Waals surface area contributed by atoms with Crippen molar-refractivity contribution < 1.29 is 27.9 Å². The molecule has 0 atom stereocenters. The zero-order valence-electron chi connectivity index (χ0n) is 14.4. The fourth-order valence-electron chi connectivity index (χ4n) is 2.39. The summed E-state index contributed by atoms with van der Waals surface area (Å²) in [6.07, 6.45) is 1.38. The van der Waals surface area contributed by atoms with E-state index >= 15 is 0 Å². The van der Waals surface area contributed by atoms with Gasteiger partial charge in [0.15, 0.2) is 17.3 Å². The Morgan fingerprint density at radius 3 is 2.63 bits per heavy atom. The summed E-state index contributed by atoms with van der Waals surface area (Å²) in [5.74, 6) is -1.46. The molecule has 1 aromatic heterocycles. The van der Waals surface area contributed by atoms with Crippen LogP contribution in [0.15, 0.2) is 65.3 Å². The second-order valence-corrected chi connectivity index (χ2v) is 5.52. The molecular formula is C20H16FNO5. The minimum atomic E-state index is -0.651. The molecule has 1 heterocycles. The predicted molar refractivity (Wildman–Crippen MR) is 95.2 cm³/mol. The maximum Gasteiger partial charge on any atom is 0.340 e. The Hall–Kier alpha value is -3.61. The van der Waals surface area contributed by atoms with E-state index in [1.165, 1.54) is 37.6 Å². The van der Waals surface area contributed by atoms with Gasteiger partial charge in [-0.05, 0) is 42.0 Å². The van der Waals surface area contributed by atoms with E-state index in [2.05, 4.69) is 5.32 Å². The third-order valence-corrected chi connectivity index (χ3v) is 3.73. The number of esters is 1. The van der Waals surface area contributed by atoms with Gasteiger partial charge in [0.05, 0.1) is 24.6 Å². The Morgan fingerprint density at radius 2 is 1.93 bits per heavy atom. The number of halogens is 1. The average molecular weight is 369 g/mol. The number of anilines is 1. The van der Waals surface area contributed by atoms with E-state index in [0.717, 1.165) is 0 Å². The Morgan fingerprint density at radius 1 is 1.11 bits per heavy atom. The molecule has 0 fully saturated rings. The molecule has 0 unspecified atom stereocenters. The Balaban J connectivity index is 1.70. The molecule has 138 valence electrons. The summed E-state index contributed by atoms with van der Waals surface area (Å²) < 4.78 is 28.8. The third-order valence-electron chi connectivity index (χ3n) is 3.73. The number of hydrogen-bond donors (Lipinski definition) is 1. The van der Waals surface area contributed by atoms with Crippen LogP contribution in [0.1, 0.15) is 26.5 Å². The number of furan rings is 1. The van der Waals surface area contributed by atoms with Gasteiger partial charge in [0, 0.05) is 0 Å². The van der Waals surface area contributed by atoms with Crippen LogP contribution in [0.25, 0.3) is 0 Å². The van der Waals surface area contributed by atoms with Crippen LogP contribution in [-0.4, -0.2) is 19.0 Å². The van der Waals surface area contributed by atoms with Crippen molar-refractivity contribution in [2.45, 2.75) is 6.61 Å². The molecule has 0 aliphatic carbocycles. The van der Waals surface area contributed by atoms with Gasteiger partial charge in [-0.3, -0.25) is 4.79 Å². The Labute approximate surface area is 154 Å². The number of methoxy groups -OCH3 is 1. The van der Waals surface area contributed by atoms with Gasteiger partial charge in [-0.15, -0.1) is 0 Å². The summed E-state index contributed by atoms with van der Waals surface area (Å²) in [4.78, 5) is 24.5. The zero-order valence-corrected chi connectivity index (χ0v) is 14.4. The van der Waals surface area contributed by atoms with Crippen molar-refractivity contribution in [2.75, 3.05) is 12.4 Å². The lowest BCUT2D eigenvalue weighted by atomic mass is 10.1. The zero-order chi connectivity index (χ0) is 19.2. The van der Waals surface area contributed by atoms with Gasteiger partial charge in [-0.25, -0.2) is 9.18 Å². The molecule has 0 aliphatic rings. The van der Waals surface area contributed by atoms with Gasteiger partial charge in [-0.1, -0.05) is 18.2 Å². The normalized spacial score (nSPS) is 10.3. The molecule has 0 saturated heterocycles. The fraction of sp³-hybridized carbons (Fsp3) is 0.100. The van der Waals surface area contributed by atoms with Crippen molar-refractivity contribution in [3.8, 4) is 5.75 Å². The van der Waals surface area contributed by atoms with Gasteiger partial charge < -0.3 is 19.2 Å². The molecule has 3 aromatic rings. The van der Waals surface area contributed by atoms with Crippen LogP contribution in [0.4, 0.5) is 10.1 Å². The summed E-state index contributed by atoms with van der Waals surface area (Å²) in [5, 5.41) is 2.61. The number of nitrogens with one attached hydrogen (secondary N) is 1. The first-order chi connectivity index (χ1) is 13.1. The first kappa shape index (κ1) is 18.2. The highest BCUT2D eigenvalue weighted by Crippen LogP contribution is 2.20. The SMILES string of the molecule is COc1ccc(COC(=O)c2ccccc2NC(=O)c2ccco2)cc1F. The minimum absolute atomic E-state index is 0.107. The lowest BCUT2D eigenvalue weighted by molar-refractivity contribution is 0.0473. The molecule has 0 aliphatic heterocycles. The van der Waals surface area contributed by atoms with E-state index in [0.29, 0.717) is 5.56 Å². The first-order valence-corrected chi connectivity index (χ1v) is 8.02. The predicted octanol–water partition coefficient (Wildman–Crippen LogP) is 4.04. The number of para-hydroxylation sites is 1. The minimum Gasteiger partial charge on any atom is -0.494 e. The summed E-state index contributed by atoms with van der Waals surface area (Å²) in [6.45, 7) is -0.125. The quantitative estimate of drug-likeness (QED) is 0.664. The van der Waals surface area contributed by atoms with Crippen LogP contribution in [-0.2, 0) is 11.3 Å². The maximum atomic E-state index is 13.7. The van der Waals surface area contributed by atoms with Gasteiger partial charge in [0.2, 0.25) is 0 Å².